The van der Waals surface area contributed by atoms with E-state index in [0.29, 0.717) is 16.7 Å². The van der Waals surface area contributed by atoms with Gasteiger partial charge >= 0.3 is 6.18 Å². The monoisotopic (exact) mass is 463 g/mol. The van der Waals surface area contributed by atoms with Crippen LogP contribution < -0.4 is 10.6 Å². The van der Waals surface area contributed by atoms with Crippen molar-refractivity contribution in [2.24, 2.45) is 7.05 Å². The first-order chi connectivity index (χ1) is 15.1. The summed E-state index contributed by atoms with van der Waals surface area (Å²) < 4.78 is 40.0. The Hall–Kier alpha value is -3.34. The average molecular weight is 463 g/mol. The number of hydrogen-bond acceptors (Lipinski definition) is 5. The van der Waals surface area contributed by atoms with Gasteiger partial charge in [0, 0.05) is 18.4 Å². The second-order valence-corrected chi connectivity index (χ2v) is 7.86. The highest BCUT2D eigenvalue weighted by atomic mass is 32.2. The minimum atomic E-state index is -4.49. The van der Waals surface area contributed by atoms with E-state index >= 15 is 0 Å². The Morgan fingerprint density at radius 1 is 1.03 bits per heavy atom. The summed E-state index contributed by atoms with van der Waals surface area (Å²) in [6.07, 6.45) is -4.50. The van der Waals surface area contributed by atoms with Gasteiger partial charge in [-0.1, -0.05) is 36.0 Å². The van der Waals surface area contributed by atoms with Gasteiger partial charge in [0.25, 0.3) is 0 Å². The topological polar surface area (TPSA) is 88.9 Å². The fraction of sp³-hybridized carbons (Fsp3) is 0.238. The fourth-order valence-corrected chi connectivity index (χ4v) is 3.51. The zero-order valence-corrected chi connectivity index (χ0v) is 18.0. The predicted molar refractivity (Wildman–Crippen MR) is 115 cm³/mol. The van der Waals surface area contributed by atoms with E-state index in [4.69, 9.17) is 0 Å². The van der Waals surface area contributed by atoms with Crippen LogP contribution in [0.2, 0.25) is 0 Å². The lowest BCUT2D eigenvalue weighted by Gasteiger charge is -2.10. The Morgan fingerprint density at radius 2 is 1.78 bits per heavy atom. The third-order valence-electron chi connectivity index (χ3n) is 4.47. The van der Waals surface area contributed by atoms with E-state index in [1.807, 2.05) is 25.1 Å². The van der Waals surface area contributed by atoms with Crippen LogP contribution in [0.4, 0.5) is 24.5 Å². The Morgan fingerprint density at radius 3 is 2.50 bits per heavy atom. The lowest BCUT2D eigenvalue weighted by Crippen LogP contribution is -2.18. The lowest BCUT2D eigenvalue weighted by molar-refractivity contribution is -0.137. The molecule has 3 aromatic rings. The van der Waals surface area contributed by atoms with Crippen molar-refractivity contribution in [2.45, 2.75) is 24.7 Å². The van der Waals surface area contributed by atoms with Gasteiger partial charge in [-0.3, -0.25) is 9.59 Å². The maximum atomic E-state index is 12.8. The molecule has 0 atom stereocenters. The molecule has 7 nitrogen and oxygen atoms in total. The van der Waals surface area contributed by atoms with Gasteiger partial charge in [-0.05, 0) is 36.8 Å². The summed E-state index contributed by atoms with van der Waals surface area (Å²) in [6.45, 7) is 1.89. The van der Waals surface area contributed by atoms with E-state index in [1.54, 1.807) is 17.7 Å². The number of aryl methyl sites for hydroxylation is 1. The smallest absolute Gasteiger partial charge is 0.325 e. The molecular formula is C21H20F3N5O2S. The zero-order chi connectivity index (χ0) is 23.3. The van der Waals surface area contributed by atoms with Crippen LogP contribution >= 0.6 is 11.8 Å². The van der Waals surface area contributed by atoms with Crippen LogP contribution in [0.15, 0.2) is 53.7 Å². The van der Waals surface area contributed by atoms with Crippen LogP contribution in [0.3, 0.4) is 0 Å². The van der Waals surface area contributed by atoms with Crippen molar-refractivity contribution in [1.82, 2.24) is 14.8 Å². The van der Waals surface area contributed by atoms with E-state index in [0.717, 1.165) is 29.5 Å². The van der Waals surface area contributed by atoms with Crippen LogP contribution in [-0.4, -0.2) is 32.3 Å². The standard InChI is InChI=1S/C21H20F3N5O2S/c1-13-6-3-4-9-16(13)26-18(30)11-17-27-28-20(29(17)2)32-12-19(31)25-15-8-5-7-14(10-15)21(22,23)24/h3-10H,11-12H2,1-2H3,(H,25,31)(H,26,30). The number of halogens is 3. The first-order valence-electron chi connectivity index (χ1n) is 9.47. The number of hydrogen-bond donors (Lipinski definition) is 2. The minimum Gasteiger partial charge on any atom is -0.325 e. The van der Waals surface area contributed by atoms with E-state index in [-0.39, 0.29) is 23.8 Å². The molecule has 1 aromatic heterocycles. The number of nitrogens with zero attached hydrogens (tertiary/aromatic N) is 3. The van der Waals surface area contributed by atoms with Crippen LogP contribution in [-0.2, 0) is 29.2 Å². The maximum absolute atomic E-state index is 12.8. The Labute approximate surface area is 186 Å². The highest BCUT2D eigenvalue weighted by Gasteiger charge is 2.30. The summed E-state index contributed by atoms with van der Waals surface area (Å²) in [6, 6.07) is 11.8. The van der Waals surface area contributed by atoms with Crippen molar-refractivity contribution in [3.05, 3.63) is 65.5 Å². The Kier molecular flexibility index (Phi) is 7.18. The molecule has 3 rings (SSSR count). The quantitative estimate of drug-likeness (QED) is 0.516. The molecule has 2 aromatic carbocycles. The number of carbonyl (C=O) groups excluding carboxylic acids is 2. The number of anilines is 2. The van der Waals surface area contributed by atoms with Crippen LogP contribution in [0.5, 0.6) is 0 Å². The molecule has 168 valence electrons. The first kappa shape index (κ1) is 23.3. The molecule has 0 aliphatic carbocycles. The predicted octanol–water partition coefficient (Wildman–Crippen LogP) is 4.05. The van der Waals surface area contributed by atoms with E-state index in [2.05, 4.69) is 20.8 Å². The third kappa shape index (κ3) is 6.10. The van der Waals surface area contributed by atoms with Gasteiger partial charge < -0.3 is 15.2 Å². The van der Waals surface area contributed by atoms with Gasteiger partial charge in [-0.25, -0.2) is 0 Å². The van der Waals surface area contributed by atoms with Gasteiger partial charge in [0.1, 0.15) is 5.82 Å². The molecule has 1 heterocycles. The molecule has 0 aliphatic heterocycles. The van der Waals surface area contributed by atoms with Crippen molar-refractivity contribution < 1.29 is 22.8 Å². The maximum Gasteiger partial charge on any atom is 0.416 e. The molecular weight excluding hydrogens is 443 g/mol. The number of amides is 2. The molecule has 0 aliphatic rings. The largest absolute Gasteiger partial charge is 0.416 e. The van der Waals surface area contributed by atoms with Crippen molar-refractivity contribution >= 4 is 35.0 Å². The normalized spacial score (nSPS) is 11.3. The van der Waals surface area contributed by atoms with E-state index in [1.165, 1.54) is 12.1 Å². The zero-order valence-electron chi connectivity index (χ0n) is 17.2. The third-order valence-corrected chi connectivity index (χ3v) is 5.49. The van der Waals surface area contributed by atoms with Gasteiger partial charge in [0.15, 0.2) is 5.16 Å². The molecule has 32 heavy (non-hydrogen) atoms. The molecule has 0 saturated heterocycles. The van der Waals surface area contributed by atoms with Crippen molar-refractivity contribution in [3.8, 4) is 0 Å². The van der Waals surface area contributed by atoms with Crippen LogP contribution in [0.1, 0.15) is 17.0 Å². The number of rotatable bonds is 7. The molecule has 0 unspecified atom stereocenters. The number of benzene rings is 2. The SMILES string of the molecule is Cc1ccccc1NC(=O)Cc1nnc(SCC(=O)Nc2cccc(C(F)(F)F)c2)n1C. The molecule has 0 spiro atoms. The summed E-state index contributed by atoms with van der Waals surface area (Å²) in [5, 5.41) is 13.6. The molecule has 0 saturated carbocycles. The summed E-state index contributed by atoms with van der Waals surface area (Å²) in [5.74, 6) is -0.417. The van der Waals surface area contributed by atoms with Gasteiger partial charge in [-0.2, -0.15) is 13.2 Å². The summed E-state index contributed by atoms with van der Waals surface area (Å²) in [7, 11) is 1.67. The van der Waals surface area contributed by atoms with Crippen molar-refractivity contribution in [2.75, 3.05) is 16.4 Å². The van der Waals surface area contributed by atoms with E-state index < -0.39 is 17.6 Å². The number of nitrogens with one attached hydrogen (secondary N) is 2. The highest BCUT2D eigenvalue weighted by Crippen LogP contribution is 2.30. The van der Waals surface area contributed by atoms with Crippen LogP contribution in [0, 0.1) is 6.92 Å². The Balaban J connectivity index is 1.55. The number of alkyl halides is 3. The summed E-state index contributed by atoms with van der Waals surface area (Å²) >= 11 is 1.06. The number of thioether (sulfide) groups is 1. The number of para-hydroxylation sites is 1. The van der Waals surface area contributed by atoms with Crippen molar-refractivity contribution in [3.63, 3.8) is 0 Å². The molecule has 0 fully saturated rings. The molecule has 11 heteroatoms. The summed E-state index contributed by atoms with van der Waals surface area (Å²) in [5.41, 5.74) is 0.851. The molecule has 0 radical (unpaired) electrons. The number of aromatic nitrogens is 3. The van der Waals surface area contributed by atoms with Gasteiger partial charge in [0.2, 0.25) is 11.8 Å². The fourth-order valence-electron chi connectivity index (χ4n) is 2.78. The first-order valence-corrected chi connectivity index (χ1v) is 10.5. The molecule has 2 amide bonds. The van der Waals surface area contributed by atoms with Crippen LogP contribution in [0.25, 0.3) is 0 Å². The molecule has 0 bridgehead atoms. The molecule has 2 N–H and O–H groups in total. The lowest BCUT2D eigenvalue weighted by atomic mass is 10.2. The second kappa shape index (κ2) is 9.86. The average Bonchev–Trinajstić information content (AvgIpc) is 3.07. The van der Waals surface area contributed by atoms with Gasteiger partial charge in [-0.15, -0.1) is 10.2 Å². The highest BCUT2D eigenvalue weighted by molar-refractivity contribution is 7.99. The second-order valence-electron chi connectivity index (χ2n) is 6.91. The van der Waals surface area contributed by atoms with Crippen molar-refractivity contribution in [1.29, 1.82) is 0 Å². The Bertz CT molecular complexity index is 1130. The number of carbonyl (C=O) groups is 2. The summed E-state index contributed by atoms with van der Waals surface area (Å²) in [4.78, 5) is 24.5. The van der Waals surface area contributed by atoms with Gasteiger partial charge in [0.05, 0.1) is 17.7 Å². The van der Waals surface area contributed by atoms with E-state index in [9.17, 15) is 22.8 Å². The minimum absolute atomic E-state index is 0.00513.